The maximum atomic E-state index is 12.8. The van der Waals surface area contributed by atoms with E-state index >= 15 is 0 Å². The highest BCUT2D eigenvalue weighted by Gasteiger charge is 2.35. The molecule has 258 valence electrons. The van der Waals surface area contributed by atoms with E-state index in [2.05, 4.69) is 54.0 Å². The van der Waals surface area contributed by atoms with Gasteiger partial charge >= 0.3 is 6.36 Å². The number of amides is 1. The number of ether oxygens (including phenoxy) is 1. The van der Waals surface area contributed by atoms with Crippen molar-refractivity contribution >= 4 is 16.8 Å². The molecule has 4 N–H and O–H groups in total. The maximum Gasteiger partial charge on any atom is 0.573 e. The number of alkyl halides is 3. The highest BCUT2D eigenvalue weighted by atomic mass is 19.4. The Morgan fingerprint density at radius 3 is 2.37 bits per heavy atom. The molecule has 0 saturated carbocycles. The van der Waals surface area contributed by atoms with Crippen LogP contribution in [0, 0.1) is 11.3 Å². The number of rotatable bonds is 11. The topological polar surface area (TPSA) is 112 Å². The lowest BCUT2D eigenvalue weighted by atomic mass is 9.88. The van der Waals surface area contributed by atoms with Crippen molar-refractivity contribution in [2.45, 2.75) is 50.8 Å². The molecule has 6 rings (SSSR count). The molecule has 0 spiro atoms. The van der Waals surface area contributed by atoms with Crippen molar-refractivity contribution in [1.29, 1.82) is 5.26 Å². The summed E-state index contributed by atoms with van der Waals surface area (Å²) in [5.41, 5.74) is 11.1. The van der Waals surface area contributed by atoms with Gasteiger partial charge in [0.2, 0.25) is 5.91 Å². The number of hydrogen-bond donors (Lipinski definition) is 3. The van der Waals surface area contributed by atoms with Gasteiger partial charge in [0, 0.05) is 75.0 Å². The van der Waals surface area contributed by atoms with Gasteiger partial charge in [-0.15, -0.1) is 13.2 Å². The van der Waals surface area contributed by atoms with E-state index in [1.54, 1.807) is 12.1 Å². The van der Waals surface area contributed by atoms with Gasteiger partial charge in [-0.3, -0.25) is 14.6 Å². The second-order valence-corrected chi connectivity index (χ2v) is 13.0. The predicted octanol–water partition coefficient (Wildman–Crippen LogP) is 4.98. The van der Waals surface area contributed by atoms with Crippen molar-refractivity contribution in [2.75, 3.05) is 45.8 Å². The number of benzene rings is 3. The molecule has 0 aliphatic carbocycles. The lowest BCUT2D eigenvalue weighted by molar-refractivity contribution is -0.274. The number of halogens is 3. The van der Waals surface area contributed by atoms with Crippen molar-refractivity contribution in [2.24, 2.45) is 5.73 Å². The second-order valence-electron chi connectivity index (χ2n) is 13.0. The van der Waals surface area contributed by atoms with Crippen molar-refractivity contribution in [1.82, 2.24) is 25.0 Å². The smallest absolute Gasteiger partial charge is 0.406 e. The minimum atomic E-state index is -4.76. The highest BCUT2D eigenvalue weighted by Crippen LogP contribution is 2.34. The molecule has 2 fully saturated rings. The van der Waals surface area contributed by atoms with E-state index in [9.17, 15) is 23.2 Å². The number of hydrogen-bond acceptors (Lipinski definition) is 7. The summed E-state index contributed by atoms with van der Waals surface area (Å²) >= 11 is 0. The minimum Gasteiger partial charge on any atom is -0.406 e. The number of carbonyl (C=O) groups excluding carboxylic acids is 1. The first-order valence-corrected chi connectivity index (χ1v) is 16.8. The molecule has 3 heterocycles. The quantitative estimate of drug-likeness (QED) is 0.193. The summed E-state index contributed by atoms with van der Waals surface area (Å²) in [4.78, 5) is 17.6. The van der Waals surface area contributed by atoms with Crippen LogP contribution in [0.3, 0.4) is 0 Å². The number of nitrogens with one attached hydrogen (secondary N) is 2. The van der Waals surface area contributed by atoms with E-state index in [0.29, 0.717) is 32.4 Å². The standard InChI is InChI=1S/C37H42F3N7O2/c38-37(39,40)49-31-9-7-28(8-10-31)33-26-47(17-3-14-44-35(48)36(42)12-15-43-16-13-36)34-11-6-27(22-32(33)34)24-45-18-20-46(21-19-45)25-30-5-2-1-4-29(30)23-41/h1-2,4-11,22,26,43H,3,12-21,24-25,42H2,(H,44,48). The number of nitriles is 1. The third-order valence-corrected chi connectivity index (χ3v) is 9.56. The van der Waals surface area contributed by atoms with E-state index in [1.807, 2.05) is 30.5 Å². The average molecular weight is 674 g/mol. The minimum absolute atomic E-state index is 0.120. The van der Waals surface area contributed by atoms with Gasteiger partial charge in [0.05, 0.1) is 17.2 Å². The number of piperidine rings is 1. The number of carbonyl (C=O) groups is 1. The first-order chi connectivity index (χ1) is 23.6. The summed E-state index contributed by atoms with van der Waals surface area (Å²) in [7, 11) is 0. The molecule has 12 heteroatoms. The van der Waals surface area contributed by atoms with Gasteiger partial charge in [-0.2, -0.15) is 5.26 Å². The van der Waals surface area contributed by atoms with E-state index in [1.165, 1.54) is 12.1 Å². The zero-order chi connectivity index (χ0) is 34.4. The molecule has 2 saturated heterocycles. The molecule has 9 nitrogen and oxygen atoms in total. The van der Waals surface area contributed by atoms with Crippen LogP contribution in [0.4, 0.5) is 13.2 Å². The van der Waals surface area contributed by atoms with Crippen LogP contribution in [-0.2, 0) is 24.4 Å². The fraction of sp³-hybridized carbons (Fsp3) is 0.405. The molecule has 49 heavy (non-hydrogen) atoms. The molecular weight excluding hydrogens is 631 g/mol. The van der Waals surface area contributed by atoms with E-state index in [0.717, 1.165) is 91.1 Å². The number of fused-ring (bicyclic) bond motifs is 1. The maximum absolute atomic E-state index is 12.8. The largest absolute Gasteiger partial charge is 0.573 e. The van der Waals surface area contributed by atoms with Gasteiger partial charge in [0.15, 0.2) is 0 Å². The number of piperazine rings is 1. The fourth-order valence-corrected chi connectivity index (χ4v) is 6.79. The van der Waals surface area contributed by atoms with Crippen LogP contribution in [-0.4, -0.2) is 78.0 Å². The Morgan fingerprint density at radius 1 is 0.980 bits per heavy atom. The Labute approximate surface area is 284 Å². The first kappa shape index (κ1) is 34.5. The average Bonchev–Trinajstić information content (AvgIpc) is 3.45. The van der Waals surface area contributed by atoms with Crippen LogP contribution in [0.25, 0.3) is 22.0 Å². The molecule has 1 amide bonds. The summed E-state index contributed by atoms with van der Waals surface area (Å²) in [5.74, 6) is -0.385. The molecule has 0 radical (unpaired) electrons. The van der Waals surface area contributed by atoms with Crippen molar-refractivity contribution in [3.8, 4) is 22.9 Å². The molecule has 0 unspecified atom stereocenters. The molecule has 3 aromatic carbocycles. The van der Waals surface area contributed by atoms with E-state index < -0.39 is 11.9 Å². The molecule has 4 aromatic rings. The van der Waals surface area contributed by atoms with Crippen molar-refractivity contribution in [3.63, 3.8) is 0 Å². The summed E-state index contributed by atoms with van der Waals surface area (Å²) < 4.78 is 44.7. The molecule has 2 aliphatic rings. The Kier molecular flexibility index (Phi) is 10.6. The summed E-state index contributed by atoms with van der Waals surface area (Å²) in [6.45, 7) is 7.68. The fourth-order valence-electron chi connectivity index (χ4n) is 6.79. The number of nitrogens with zero attached hydrogens (tertiary/aromatic N) is 4. The lowest BCUT2D eigenvalue weighted by Gasteiger charge is -2.35. The molecule has 0 bridgehead atoms. The van der Waals surface area contributed by atoms with Gasteiger partial charge in [0.1, 0.15) is 5.75 Å². The predicted molar refractivity (Wildman–Crippen MR) is 182 cm³/mol. The van der Waals surface area contributed by atoms with Crippen LogP contribution in [0.15, 0.2) is 72.9 Å². The van der Waals surface area contributed by atoms with E-state index in [-0.39, 0.29) is 11.7 Å². The van der Waals surface area contributed by atoms with Crippen molar-refractivity contribution in [3.05, 3.63) is 89.6 Å². The van der Waals surface area contributed by atoms with Crippen LogP contribution in [0.1, 0.15) is 36.0 Å². The van der Waals surface area contributed by atoms with Crippen LogP contribution in [0.5, 0.6) is 5.75 Å². The summed E-state index contributed by atoms with van der Waals surface area (Å²) in [6.07, 6.45) is -0.832. The Bertz CT molecular complexity index is 1780. The third-order valence-electron chi connectivity index (χ3n) is 9.56. The molecule has 0 atom stereocenters. The monoisotopic (exact) mass is 673 g/mol. The third kappa shape index (κ3) is 8.61. The number of nitrogens with two attached hydrogens (primary N) is 1. The van der Waals surface area contributed by atoms with E-state index in [4.69, 9.17) is 5.73 Å². The van der Waals surface area contributed by atoms with Gasteiger partial charge in [-0.05, 0) is 79.4 Å². The molecule has 1 aromatic heterocycles. The second kappa shape index (κ2) is 15.0. The number of aromatic nitrogens is 1. The van der Waals surface area contributed by atoms with Gasteiger partial charge in [0.25, 0.3) is 0 Å². The van der Waals surface area contributed by atoms with Crippen LogP contribution >= 0.6 is 0 Å². The van der Waals surface area contributed by atoms with Crippen LogP contribution in [0.2, 0.25) is 0 Å². The number of aryl methyl sites for hydroxylation is 1. The SMILES string of the molecule is N#Cc1ccccc1CN1CCN(Cc2ccc3c(c2)c(-c2ccc(OC(F)(F)F)cc2)cn3CCCNC(=O)C2(N)CCNCC2)CC1. The lowest BCUT2D eigenvalue weighted by Crippen LogP contribution is -2.59. The summed E-state index contributed by atoms with van der Waals surface area (Å²) in [6, 6.07) is 22.4. The first-order valence-electron chi connectivity index (χ1n) is 16.8. The highest BCUT2D eigenvalue weighted by molar-refractivity contribution is 5.96. The van der Waals surface area contributed by atoms with Crippen molar-refractivity contribution < 1.29 is 22.7 Å². The normalized spacial score (nSPS) is 17.1. The Morgan fingerprint density at radius 2 is 1.67 bits per heavy atom. The molecule has 2 aliphatic heterocycles. The van der Waals surface area contributed by atoms with Crippen LogP contribution < -0.4 is 21.1 Å². The molecular formula is C37H42F3N7O2. The Hall–Kier alpha value is -4.41. The zero-order valence-electron chi connectivity index (χ0n) is 27.4. The van der Waals surface area contributed by atoms with Gasteiger partial charge < -0.3 is 25.7 Å². The Balaban J connectivity index is 1.15. The zero-order valence-corrected chi connectivity index (χ0v) is 27.4. The van der Waals surface area contributed by atoms with Gasteiger partial charge in [-0.1, -0.05) is 36.4 Å². The van der Waals surface area contributed by atoms with Gasteiger partial charge in [-0.25, -0.2) is 0 Å². The summed E-state index contributed by atoms with van der Waals surface area (Å²) in [5, 5.41) is 16.7.